The largest absolute Gasteiger partial charge is 0.508 e. The predicted molar refractivity (Wildman–Crippen MR) is 164 cm³/mol. The van der Waals surface area contributed by atoms with Crippen molar-refractivity contribution in [3.8, 4) is 5.75 Å². The lowest BCUT2D eigenvalue weighted by atomic mass is 9.90. The molecule has 2 rings (SSSR count). The third-order valence-corrected chi connectivity index (χ3v) is 11.2. The standard InChI is InChI=1S/C34H55O2P/c1-7-8-17-30-18-23-34(35)33(26-30)29(6)31-19-21-32(22-20-31)37(36,24-13-9-11-15-27(2)3)25-14-10-12-16-28(4)5/h18-23,26-29,35H,7-17,24-25H2,1-6H3. The third kappa shape index (κ3) is 11.0. The minimum Gasteiger partial charge on any atom is -0.508 e. The molecule has 0 aromatic heterocycles. The molecule has 1 atom stereocenters. The lowest BCUT2D eigenvalue weighted by Gasteiger charge is -2.21. The monoisotopic (exact) mass is 526 g/mol. The van der Waals surface area contributed by atoms with Gasteiger partial charge in [0.15, 0.2) is 0 Å². The van der Waals surface area contributed by atoms with Crippen LogP contribution in [-0.4, -0.2) is 17.4 Å². The van der Waals surface area contributed by atoms with E-state index in [0.29, 0.717) is 5.75 Å². The van der Waals surface area contributed by atoms with E-state index in [1.165, 1.54) is 56.1 Å². The van der Waals surface area contributed by atoms with E-state index in [0.717, 1.165) is 60.7 Å². The van der Waals surface area contributed by atoms with Gasteiger partial charge in [-0.05, 0) is 54.7 Å². The molecule has 37 heavy (non-hydrogen) atoms. The summed E-state index contributed by atoms with van der Waals surface area (Å²) in [5.41, 5.74) is 3.45. The molecule has 0 aliphatic carbocycles. The van der Waals surface area contributed by atoms with E-state index in [-0.39, 0.29) is 5.92 Å². The van der Waals surface area contributed by atoms with Crippen LogP contribution in [0.4, 0.5) is 0 Å². The second-order valence-electron chi connectivity index (χ2n) is 12.1. The van der Waals surface area contributed by atoms with Crippen molar-refractivity contribution in [3.05, 3.63) is 59.2 Å². The van der Waals surface area contributed by atoms with Crippen LogP contribution >= 0.6 is 7.14 Å². The van der Waals surface area contributed by atoms with Crippen molar-refractivity contribution in [1.82, 2.24) is 0 Å². The summed E-state index contributed by atoms with van der Waals surface area (Å²) in [6.07, 6.45) is 14.5. The molecular formula is C34H55O2P. The second kappa shape index (κ2) is 16.4. The molecule has 0 spiro atoms. The Balaban J connectivity index is 2.14. The number of benzene rings is 2. The van der Waals surface area contributed by atoms with Gasteiger partial charge in [0.1, 0.15) is 12.9 Å². The van der Waals surface area contributed by atoms with Gasteiger partial charge in [-0.25, -0.2) is 0 Å². The van der Waals surface area contributed by atoms with Crippen molar-refractivity contribution in [3.63, 3.8) is 0 Å². The first-order valence-corrected chi connectivity index (χ1v) is 17.2. The van der Waals surface area contributed by atoms with Gasteiger partial charge in [-0.2, -0.15) is 0 Å². The van der Waals surface area contributed by atoms with Gasteiger partial charge in [-0.3, -0.25) is 0 Å². The lowest BCUT2D eigenvalue weighted by Crippen LogP contribution is -2.12. The molecule has 0 aliphatic rings. The van der Waals surface area contributed by atoms with Crippen molar-refractivity contribution in [2.75, 3.05) is 12.3 Å². The number of unbranched alkanes of at least 4 members (excludes halogenated alkanes) is 5. The minimum atomic E-state index is -2.40. The Morgan fingerprint density at radius 2 is 1.30 bits per heavy atom. The van der Waals surface area contributed by atoms with E-state index in [1.807, 2.05) is 12.1 Å². The topological polar surface area (TPSA) is 37.3 Å². The Hall–Kier alpha value is -1.53. The van der Waals surface area contributed by atoms with Gasteiger partial charge in [-0.15, -0.1) is 0 Å². The van der Waals surface area contributed by atoms with Gasteiger partial charge in [0.05, 0.1) is 0 Å². The number of aryl methyl sites for hydroxylation is 1. The van der Waals surface area contributed by atoms with E-state index >= 15 is 0 Å². The summed E-state index contributed by atoms with van der Waals surface area (Å²) in [6.45, 7) is 13.5. The molecule has 3 heteroatoms. The summed E-state index contributed by atoms with van der Waals surface area (Å²) in [6, 6.07) is 14.6. The van der Waals surface area contributed by atoms with E-state index < -0.39 is 7.14 Å². The van der Waals surface area contributed by atoms with Crippen molar-refractivity contribution in [1.29, 1.82) is 0 Å². The highest BCUT2D eigenvalue weighted by molar-refractivity contribution is 7.71. The molecule has 2 aromatic rings. The molecule has 0 saturated heterocycles. The smallest absolute Gasteiger partial charge is 0.119 e. The first-order valence-electron chi connectivity index (χ1n) is 15.2. The van der Waals surface area contributed by atoms with Gasteiger partial charge < -0.3 is 9.67 Å². The normalized spacial score (nSPS) is 13.0. The quantitative estimate of drug-likeness (QED) is 0.155. The first kappa shape index (κ1) is 31.7. The Labute approximate surface area is 229 Å². The second-order valence-corrected chi connectivity index (χ2v) is 15.3. The maximum atomic E-state index is 14.3. The van der Waals surface area contributed by atoms with Gasteiger partial charge >= 0.3 is 0 Å². The van der Waals surface area contributed by atoms with Gasteiger partial charge in [-0.1, -0.05) is 123 Å². The zero-order valence-corrected chi connectivity index (χ0v) is 25.7. The van der Waals surface area contributed by atoms with Gasteiger partial charge in [0, 0.05) is 29.1 Å². The summed E-state index contributed by atoms with van der Waals surface area (Å²) in [5.74, 6) is 1.95. The maximum absolute atomic E-state index is 14.3. The van der Waals surface area contributed by atoms with Crippen molar-refractivity contribution >= 4 is 12.4 Å². The highest BCUT2D eigenvalue weighted by Crippen LogP contribution is 2.47. The fourth-order valence-corrected chi connectivity index (χ4v) is 8.17. The predicted octanol–water partition coefficient (Wildman–Crippen LogP) is 10.3. The first-order chi connectivity index (χ1) is 17.7. The number of phenols is 1. The fourth-order valence-electron chi connectivity index (χ4n) is 5.26. The van der Waals surface area contributed by atoms with Crippen molar-refractivity contribution in [2.45, 2.75) is 118 Å². The average Bonchev–Trinajstić information content (AvgIpc) is 2.87. The van der Waals surface area contributed by atoms with E-state index in [1.54, 1.807) is 0 Å². The molecule has 0 bridgehead atoms. The summed E-state index contributed by atoms with van der Waals surface area (Å²) >= 11 is 0. The van der Waals surface area contributed by atoms with Crippen molar-refractivity contribution < 1.29 is 9.67 Å². The van der Waals surface area contributed by atoms with Gasteiger partial charge in [0.2, 0.25) is 0 Å². The molecule has 0 amide bonds. The van der Waals surface area contributed by atoms with Crippen LogP contribution in [0.2, 0.25) is 0 Å². The third-order valence-electron chi connectivity index (χ3n) is 7.84. The molecular weight excluding hydrogens is 471 g/mol. The lowest BCUT2D eigenvalue weighted by molar-refractivity contribution is 0.465. The van der Waals surface area contributed by atoms with Crippen LogP contribution in [0.3, 0.4) is 0 Å². The Morgan fingerprint density at radius 1 is 0.730 bits per heavy atom. The number of hydrogen-bond donors (Lipinski definition) is 1. The minimum absolute atomic E-state index is 0.0991. The van der Waals surface area contributed by atoms with E-state index in [4.69, 9.17) is 0 Å². The molecule has 1 N–H and O–H groups in total. The van der Waals surface area contributed by atoms with Gasteiger partial charge in [0.25, 0.3) is 0 Å². The summed E-state index contributed by atoms with van der Waals surface area (Å²) in [7, 11) is -2.40. The molecule has 208 valence electrons. The van der Waals surface area contributed by atoms with E-state index in [9.17, 15) is 9.67 Å². The number of rotatable bonds is 18. The van der Waals surface area contributed by atoms with Crippen LogP contribution in [0.15, 0.2) is 42.5 Å². The summed E-state index contributed by atoms with van der Waals surface area (Å²) in [5, 5.41) is 11.6. The van der Waals surface area contributed by atoms with Crippen molar-refractivity contribution in [2.24, 2.45) is 11.8 Å². The maximum Gasteiger partial charge on any atom is 0.119 e. The number of phenolic OH excluding ortho intramolecular Hbond substituents is 1. The van der Waals surface area contributed by atoms with Crippen LogP contribution in [0.25, 0.3) is 0 Å². The van der Waals surface area contributed by atoms with Crippen LogP contribution in [-0.2, 0) is 11.0 Å². The highest BCUT2D eigenvalue weighted by Gasteiger charge is 2.24. The Kier molecular flexibility index (Phi) is 14.1. The summed E-state index contributed by atoms with van der Waals surface area (Å²) in [4.78, 5) is 0. The van der Waals surface area contributed by atoms with Crippen LogP contribution in [0, 0.1) is 11.8 Å². The molecule has 0 radical (unpaired) electrons. The molecule has 2 aromatic carbocycles. The number of aromatic hydroxyl groups is 1. The van der Waals surface area contributed by atoms with Crippen LogP contribution < -0.4 is 5.30 Å². The van der Waals surface area contributed by atoms with Crippen LogP contribution in [0.1, 0.15) is 128 Å². The molecule has 0 fully saturated rings. The Bertz CT molecular complexity index is 923. The zero-order valence-electron chi connectivity index (χ0n) is 24.8. The van der Waals surface area contributed by atoms with E-state index in [2.05, 4.69) is 71.9 Å². The molecule has 0 heterocycles. The molecule has 2 nitrogen and oxygen atoms in total. The van der Waals surface area contributed by atoms with Crippen LogP contribution in [0.5, 0.6) is 5.75 Å². The molecule has 1 unspecified atom stereocenters. The molecule has 0 aliphatic heterocycles. The zero-order chi connectivity index (χ0) is 27.3. The molecule has 0 saturated carbocycles. The fraction of sp³-hybridized carbons (Fsp3) is 0.647. The highest BCUT2D eigenvalue weighted by atomic mass is 31.2. The SMILES string of the molecule is CCCCc1ccc(O)c(C(C)c2ccc(P(=O)(CCCCCC(C)C)CCCCCC(C)C)cc2)c1. The summed E-state index contributed by atoms with van der Waals surface area (Å²) < 4.78 is 14.3. The number of hydrogen-bond acceptors (Lipinski definition) is 2. The average molecular weight is 527 g/mol. The Morgan fingerprint density at radius 3 is 1.81 bits per heavy atom.